The van der Waals surface area contributed by atoms with Crippen LogP contribution in [0.5, 0.6) is 0 Å². The Morgan fingerprint density at radius 2 is 1.42 bits per heavy atom. The zero-order valence-corrected chi connectivity index (χ0v) is 18.6. The topological polar surface area (TPSA) is 83.6 Å². The standard InChI is InChI=1S/C24H26N2O4S/c1-16-10-9-13-20(17(16)2)25-31(29,30)24-21(26-14-7-3-4-8-15-26)22(27)18-11-5-6-12-19(18)23(24)28/h5-6,9-13,25H,3-4,7-8,14-15H2,1-2H3. The van der Waals surface area contributed by atoms with Crippen LogP contribution in [0, 0.1) is 13.8 Å². The van der Waals surface area contributed by atoms with Crippen molar-refractivity contribution in [2.45, 2.75) is 39.5 Å². The number of likely N-dealkylation sites (tertiary alicyclic amines) is 1. The van der Waals surface area contributed by atoms with Crippen molar-refractivity contribution >= 4 is 27.3 Å². The van der Waals surface area contributed by atoms with Gasteiger partial charge in [-0.05, 0) is 43.9 Å². The normalized spacial score (nSPS) is 17.4. The number of carbonyl (C=O) groups is 2. The first-order valence-corrected chi connectivity index (χ1v) is 12.1. The molecule has 1 fully saturated rings. The molecule has 31 heavy (non-hydrogen) atoms. The van der Waals surface area contributed by atoms with Crippen LogP contribution in [0.15, 0.2) is 53.1 Å². The van der Waals surface area contributed by atoms with E-state index < -0.39 is 26.5 Å². The monoisotopic (exact) mass is 438 g/mol. The highest BCUT2D eigenvalue weighted by Gasteiger charge is 2.41. The molecule has 4 rings (SSSR count). The minimum atomic E-state index is -4.29. The molecule has 1 aliphatic carbocycles. The Kier molecular flexibility index (Phi) is 5.71. The molecule has 0 aromatic heterocycles. The summed E-state index contributed by atoms with van der Waals surface area (Å²) in [5.74, 6) is -1.04. The Morgan fingerprint density at radius 1 is 0.806 bits per heavy atom. The van der Waals surface area contributed by atoms with E-state index in [9.17, 15) is 18.0 Å². The molecule has 0 radical (unpaired) electrons. The van der Waals surface area contributed by atoms with Crippen molar-refractivity contribution < 1.29 is 18.0 Å². The smallest absolute Gasteiger partial charge is 0.268 e. The molecule has 0 spiro atoms. The molecule has 0 bridgehead atoms. The van der Waals surface area contributed by atoms with E-state index in [1.54, 1.807) is 35.2 Å². The quantitative estimate of drug-likeness (QED) is 0.773. The predicted octanol–water partition coefficient (Wildman–Crippen LogP) is 4.21. The number of rotatable bonds is 4. The average molecular weight is 439 g/mol. The summed E-state index contributed by atoms with van der Waals surface area (Å²) in [5, 5.41) is 0. The summed E-state index contributed by atoms with van der Waals surface area (Å²) in [4.78, 5) is 28.2. The average Bonchev–Trinajstić information content (AvgIpc) is 3.03. The van der Waals surface area contributed by atoms with E-state index in [2.05, 4.69) is 4.72 Å². The molecule has 2 aliphatic rings. The van der Waals surface area contributed by atoms with Crippen LogP contribution < -0.4 is 4.72 Å². The number of ketones is 2. The number of fused-ring (bicyclic) bond motifs is 1. The zero-order valence-electron chi connectivity index (χ0n) is 17.8. The first-order valence-electron chi connectivity index (χ1n) is 10.6. The van der Waals surface area contributed by atoms with Crippen LogP contribution in [0.4, 0.5) is 5.69 Å². The lowest BCUT2D eigenvalue weighted by Crippen LogP contribution is -2.38. The molecule has 2 aromatic rings. The van der Waals surface area contributed by atoms with Crippen LogP contribution in [0.2, 0.25) is 0 Å². The van der Waals surface area contributed by atoms with Crippen LogP contribution in [0.25, 0.3) is 0 Å². The SMILES string of the molecule is Cc1cccc(NS(=O)(=O)C2=C(N3CCCCCC3)C(=O)c3ccccc3C2=O)c1C. The molecule has 162 valence electrons. The van der Waals surface area contributed by atoms with E-state index in [1.165, 1.54) is 6.07 Å². The summed E-state index contributed by atoms with van der Waals surface area (Å²) in [7, 11) is -4.29. The second kappa shape index (κ2) is 8.30. The number of benzene rings is 2. The summed E-state index contributed by atoms with van der Waals surface area (Å²) in [6, 6.07) is 11.8. The van der Waals surface area contributed by atoms with E-state index >= 15 is 0 Å². The van der Waals surface area contributed by atoms with Gasteiger partial charge in [0, 0.05) is 24.2 Å². The Balaban J connectivity index is 1.88. The fraction of sp³-hybridized carbons (Fsp3) is 0.333. The fourth-order valence-electron chi connectivity index (χ4n) is 4.23. The summed E-state index contributed by atoms with van der Waals surface area (Å²) >= 11 is 0. The third kappa shape index (κ3) is 3.90. The van der Waals surface area contributed by atoms with E-state index in [0.717, 1.165) is 36.8 Å². The van der Waals surface area contributed by atoms with Gasteiger partial charge in [-0.25, -0.2) is 8.42 Å². The molecule has 1 saturated heterocycles. The predicted molar refractivity (Wildman–Crippen MR) is 121 cm³/mol. The minimum absolute atomic E-state index is 0.00315. The molecule has 0 unspecified atom stereocenters. The van der Waals surface area contributed by atoms with Gasteiger partial charge in [0.25, 0.3) is 10.0 Å². The van der Waals surface area contributed by atoms with Crippen LogP contribution in [-0.2, 0) is 10.0 Å². The lowest BCUT2D eigenvalue weighted by molar-refractivity contribution is 0.0947. The summed E-state index contributed by atoms with van der Waals surface area (Å²) in [5.41, 5.74) is 2.51. The fourth-order valence-corrected chi connectivity index (χ4v) is 5.67. The molecule has 1 N–H and O–H groups in total. The Labute approximate surface area is 183 Å². The van der Waals surface area contributed by atoms with Gasteiger partial charge in [0.2, 0.25) is 11.6 Å². The van der Waals surface area contributed by atoms with Gasteiger partial charge in [0.05, 0.1) is 5.69 Å². The van der Waals surface area contributed by atoms with Gasteiger partial charge < -0.3 is 4.90 Å². The number of anilines is 1. The van der Waals surface area contributed by atoms with Gasteiger partial charge in [-0.2, -0.15) is 0 Å². The molecular formula is C24H26N2O4S. The number of allylic oxidation sites excluding steroid dienone is 2. The van der Waals surface area contributed by atoms with Crippen LogP contribution in [0.1, 0.15) is 57.5 Å². The highest BCUT2D eigenvalue weighted by Crippen LogP contribution is 2.34. The number of nitrogens with one attached hydrogen (secondary N) is 1. The summed E-state index contributed by atoms with van der Waals surface area (Å²) in [6.45, 7) is 4.82. The van der Waals surface area contributed by atoms with Crippen molar-refractivity contribution in [3.63, 3.8) is 0 Å². The van der Waals surface area contributed by atoms with Crippen molar-refractivity contribution in [2.24, 2.45) is 0 Å². The van der Waals surface area contributed by atoms with Gasteiger partial charge in [0.1, 0.15) is 5.70 Å². The maximum atomic E-state index is 13.6. The number of Topliss-reactive ketones (excluding diaryl/α,β-unsaturated/α-hetero) is 2. The van der Waals surface area contributed by atoms with Crippen molar-refractivity contribution in [1.82, 2.24) is 4.90 Å². The van der Waals surface area contributed by atoms with E-state index in [4.69, 9.17) is 0 Å². The number of carbonyl (C=O) groups excluding carboxylic acids is 2. The molecule has 6 nitrogen and oxygen atoms in total. The number of sulfonamides is 1. The largest absolute Gasteiger partial charge is 0.367 e. The second-order valence-corrected chi connectivity index (χ2v) is 9.76. The lowest BCUT2D eigenvalue weighted by atomic mass is 9.91. The maximum Gasteiger partial charge on any atom is 0.268 e. The van der Waals surface area contributed by atoms with Gasteiger partial charge >= 0.3 is 0 Å². The summed E-state index contributed by atoms with van der Waals surface area (Å²) < 4.78 is 29.7. The number of hydrogen-bond donors (Lipinski definition) is 1. The first-order chi connectivity index (χ1) is 14.8. The summed E-state index contributed by atoms with van der Waals surface area (Å²) in [6.07, 6.45) is 3.74. The maximum absolute atomic E-state index is 13.6. The highest BCUT2D eigenvalue weighted by atomic mass is 32.2. The van der Waals surface area contributed by atoms with Gasteiger partial charge in [-0.3, -0.25) is 14.3 Å². The molecule has 0 saturated carbocycles. The Morgan fingerprint density at radius 3 is 2.06 bits per heavy atom. The third-order valence-electron chi connectivity index (χ3n) is 6.09. The highest BCUT2D eigenvalue weighted by molar-refractivity contribution is 7.97. The van der Waals surface area contributed by atoms with Gasteiger partial charge in [0.15, 0.2) is 4.91 Å². The molecule has 0 amide bonds. The molecular weight excluding hydrogens is 412 g/mol. The number of hydrogen-bond acceptors (Lipinski definition) is 5. The van der Waals surface area contributed by atoms with E-state index in [-0.39, 0.29) is 16.8 Å². The van der Waals surface area contributed by atoms with E-state index in [0.29, 0.717) is 18.8 Å². The molecule has 7 heteroatoms. The minimum Gasteiger partial charge on any atom is -0.367 e. The van der Waals surface area contributed by atoms with E-state index in [1.807, 2.05) is 19.9 Å². The number of aryl methyl sites for hydroxylation is 1. The molecule has 1 heterocycles. The Hall–Kier alpha value is -2.93. The van der Waals surface area contributed by atoms with Crippen molar-refractivity contribution in [3.8, 4) is 0 Å². The molecule has 2 aromatic carbocycles. The Bertz CT molecular complexity index is 1190. The third-order valence-corrected chi connectivity index (χ3v) is 7.50. The zero-order chi connectivity index (χ0) is 22.2. The van der Waals surface area contributed by atoms with Crippen LogP contribution >= 0.6 is 0 Å². The number of nitrogens with zero attached hydrogens (tertiary/aromatic N) is 1. The molecule has 0 atom stereocenters. The van der Waals surface area contributed by atoms with Crippen LogP contribution in [-0.4, -0.2) is 38.0 Å². The van der Waals surface area contributed by atoms with Gasteiger partial charge in [-0.15, -0.1) is 0 Å². The van der Waals surface area contributed by atoms with Crippen molar-refractivity contribution in [2.75, 3.05) is 17.8 Å². The van der Waals surface area contributed by atoms with Gasteiger partial charge in [-0.1, -0.05) is 49.2 Å². The lowest BCUT2D eigenvalue weighted by Gasteiger charge is -2.30. The first kappa shape index (κ1) is 21.3. The van der Waals surface area contributed by atoms with Crippen LogP contribution in [0.3, 0.4) is 0 Å². The second-order valence-electron chi connectivity index (χ2n) is 8.14. The van der Waals surface area contributed by atoms with Crippen molar-refractivity contribution in [3.05, 3.63) is 75.3 Å². The molecule has 1 aliphatic heterocycles. The van der Waals surface area contributed by atoms with Crippen molar-refractivity contribution in [1.29, 1.82) is 0 Å².